The number of carbonyl (C=O) groups excluding carboxylic acids is 1. The lowest BCUT2D eigenvalue weighted by atomic mass is 10.1. The van der Waals surface area contributed by atoms with Crippen molar-refractivity contribution in [3.63, 3.8) is 0 Å². The number of hydrogen-bond donors (Lipinski definition) is 0. The molecule has 0 aliphatic rings. The third-order valence-electron chi connectivity index (χ3n) is 4.33. The van der Waals surface area contributed by atoms with Crippen LogP contribution in [0.15, 0.2) is 75.8 Å². The van der Waals surface area contributed by atoms with E-state index in [-0.39, 0.29) is 23.2 Å². The highest BCUT2D eigenvalue weighted by Crippen LogP contribution is 2.28. The molecule has 0 bridgehead atoms. The fourth-order valence-electron chi connectivity index (χ4n) is 2.82. The highest BCUT2D eigenvalue weighted by Gasteiger charge is 2.24. The Kier molecular flexibility index (Phi) is 5.08. The number of carbonyl (C=O) groups is 1. The Morgan fingerprint density at radius 3 is 2.47 bits per heavy atom. The minimum absolute atomic E-state index is 0.0477. The fourth-order valence-corrected chi connectivity index (χ4v) is 2.82. The molecule has 150 valence electrons. The first-order valence-electron chi connectivity index (χ1n) is 8.95. The zero-order chi connectivity index (χ0) is 21.1. The highest BCUT2D eigenvalue weighted by atomic mass is 16.6. The molecule has 2 heterocycles. The van der Waals surface area contributed by atoms with Crippen LogP contribution >= 0.6 is 0 Å². The maximum absolute atomic E-state index is 12.6. The van der Waals surface area contributed by atoms with Crippen molar-refractivity contribution in [2.75, 3.05) is 0 Å². The van der Waals surface area contributed by atoms with E-state index in [0.29, 0.717) is 11.1 Å². The van der Waals surface area contributed by atoms with Crippen molar-refractivity contribution in [2.24, 2.45) is 0 Å². The molecule has 30 heavy (non-hydrogen) atoms. The first-order valence-corrected chi connectivity index (χ1v) is 8.95. The van der Waals surface area contributed by atoms with Gasteiger partial charge in [-0.25, -0.2) is 4.79 Å². The molecule has 2 aromatic carbocycles. The monoisotopic (exact) mass is 405 g/mol. The van der Waals surface area contributed by atoms with E-state index in [1.54, 1.807) is 13.0 Å². The summed E-state index contributed by atoms with van der Waals surface area (Å²) in [7, 11) is 0. The van der Waals surface area contributed by atoms with Crippen molar-refractivity contribution in [1.29, 1.82) is 0 Å². The van der Waals surface area contributed by atoms with E-state index < -0.39 is 17.0 Å². The van der Waals surface area contributed by atoms with Crippen LogP contribution in [0.3, 0.4) is 0 Å². The second kappa shape index (κ2) is 8.00. The molecule has 2 aromatic heterocycles. The van der Waals surface area contributed by atoms with E-state index >= 15 is 0 Å². The number of rotatable bonds is 6. The van der Waals surface area contributed by atoms with Crippen LogP contribution in [0.25, 0.3) is 22.6 Å². The van der Waals surface area contributed by atoms with E-state index in [4.69, 9.17) is 13.6 Å². The number of benzene rings is 2. The van der Waals surface area contributed by atoms with Crippen LogP contribution < -0.4 is 0 Å². The minimum atomic E-state index is -0.828. The van der Waals surface area contributed by atoms with E-state index in [0.717, 1.165) is 5.56 Å². The average Bonchev–Trinajstić information content (AvgIpc) is 3.44. The Labute approximate surface area is 170 Å². The summed E-state index contributed by atoms with van der Waals surface area (Å²) in [5.74, 6) is -0.347. The number of nitro benzene ring substituents is 1. The Hall–Kier alpha value is -4.27. The second-order valence-electron chi connectivity index (χ2n) is 6.33. The quantitative estimate of drug-likeness (QED) is 0.254. The number of hydrogen-bond acceptors (Lipinski definition) is 8. The van der Waals surface area contributed by atoms with Gasteiger partial charge in [0.1, 0.15) is 0 Å². The molecule has 1 atom stereocenters. The number of non-ortho nitro benzene ring substituents is 1. The van der Waals surface area contributed by atoms with Gasteiger partial charge >= 0.3 is 5.97 Å². The maximum Gasteiger partial charge on any atom is 0.375 e. The topological polar surface area (TPSA) is 122 Å². The smallest absolute Gasteiger partial charge is 0.375 e. The molecule has 0 saturated carbocycles. The average molecular weight is 405 g/mol. The molecule has 9 heteroatoms. The Balaban J connectivity index is 1.49. The lowest BCUT2D eigenvalue weighted by molar-refractivity contribution is -0.384. The predicted molar refractivity (Wildman–Crippen MR) is 104 cm³/mol. The molecule has 0 aliphatic heterocycles. The molecular weight excluding hydrogens is 390 g/mol. The first kappa shape index (κ1) is 19.1. The number of aromatic nitrogens is 2. The van der Waals surface area contributed by atoms with Crippen molar-refractivity contribution >= 4 is 11.7 Å². The summed E-state index contributed by atoms with van der Waals surface area (Å²) in [6, 6.07) is 16.7. The molecule has 4 aromatic rings. The Morgan fingerprint density at radius 1 is 1.03 bits per heavy atom. The van der Waals surface area contributed by atoms with Crippen molar-refractivity contribution in [2.45, 2.75) is 13.0 Å². The standard InChI is InChI=1S/C21H15N3O6/c1-13(19-22-23-20(30-19)15-7-9-16(10-8-15)24(26)27)29-21(25)18-17(11-12-28-18)14-5-3-2-4-6-14/h2-13H,1H3. The second-order valence-corrected chi connectivity index (χ2v) is 6.33. The molecule has 0 radical (unpaired) electrons. The summed E-state index contributed by atoms with van der Waals surface area (Å²) in [6.45, 7) is 1.59. The summed E-state index contributed by atoms with van der Waals surface area (Å²) in [5.41, 5.74) is 1.90. The molecule has 9 nitrogen and oxygen atoms in total. The van der Waals surface area contributed by atoms with Gasteiger partial charge in [-0.3, -0.25) is 10.1 Å². The van der Waals surface area contributed by atoms with Gasteiger partial charge in [0.25, 0.3) is 11.6 Å². The number of nitrogens with zero attached hydrogens (tertiary/aromatic N) is 3. The van der Waals surface area contributed by atoms with E-state index in [9.17, 15) is 14.9 Å². The molecule has 1 unspecified atom stereocenters. The van der Waals surface area contributed by atoms with E-state index in [1.807, 2.05) is 30.3 Å². The van der Waals surface area contributed by atoms with Crippen molar-refractivity contribution in [3.05, 3.63) is 88.7 Å². The van der Waals surface area contributed by atoms with Crippen LogP contribution in [0.4, 0.5) is 5.69 Å². The summed E-state index contributed by atoms with van der Waals surface area (Å²) < 4.78 is 16.3. The molecule has 0 saturated heterocycles. The maximum atomic E-state index is 12.6. The molecule has 0 amide bonds. The number of nitro groups is 1. The first-order chi connectivity index (χ1) is 14.5. The summed E-state index contributed by atoms with van der Waals surface area (Å²) in [6.07, 6.45) is 0.591. The molecule has 0 N–H and O–H groups in total. The van der Waals surface area contributed by atoms with Gasteiger partial charge in [0.15, 0.2) is 6.10 Å². The lowest BCUT2D eigenvalue weighted by Gasteiger charge is -2.09. The molecule has 0 aliphatic carbocycles. The van der Waals surface area contributed by atoms with Crippen LogP contribution in [-0.4, -0.2) is 21.1 Å². The zero-order valence-electron chi connectivity index (χ0n) is 15.7. The van der Waals surface area contributed by atoms with Crippen LogP contribution in [0.1, 0.15) is 29.5 Å². The van der Waals surface area contributed by atoms with Gasteiger partial charge in [0.2, 0.25) is 11.7 Å². The van der Waals surface area contributed by atoms with Gasteiger partial charge in [0.05, 0.1) is 11.2 Å². The highest BCUT2D eigenvalue weighted by molar-refractivity contribution is 5.94. The van der Waals surface area contributed by atoms with Crippen molar-refractivity contribution in [3.8, 4) is 22.6 Å². The number of furan rings is 1. The van der Waals surface area contributed by atoms with Gasteiger partial charge in [-0.15, -0.1) is 10.2 Å². The van der Waals surface area contributed by atoms with Crippen LogP contribution in [0.2, 0.25) is 0 Å². The summed E-state index contributed by atoms with van der Waals surface area (Å²) in [4.78, 5) is 22.8. The molecule has 4 rings (SSSR count). The van der Waals surface area contributed by atoms with Gasteiger partial charge in [-0.05, 0) is 30.7 Å². The van der Waals surface area contributed by atoms with Crippen LogP contribution in [-0.2, 0) is 4.74 Å². The minimum Gasteiger partial charge on any atom is -0.457 e. The van der Waals surface area contributed by atoms with Crippen LogP contribution in [0, 0.1) is 10.1 Å². The van der Waals surface area contributed by atoms with Crippen molar-refractivity contribution < 1.29 is 23.3 Å². The molecular formula is C21H15N3O6. The largest absolute Gasteiger partial charge is 0.457 e. The molecule has 0 fully saturated rings. The normalized spacial score (nSPS) is 11.8. The summed E-state index contributed by atoms with van der Waals surface area (Å²) >= 11 is 0. The third kappa shape index (κ3) is 3.81. The lowest BCUT2D eigenvalue weighted by Crippen LogP contribution is -2.09. The van der Waals surface area contributed by atoms with E-state index in [2.05, 4.69) is 10.2 Å². The molecule has 0 spiro atoms. The number of esters is 1. The van der Waals surface area contributed by atoms with Gasteiger partial charge in [-0.1, -0.05) is 30.3 Å². The Morgan fingerprint density at radius 2 is 1.77 bits per heavy atom. The van der Waals surface area contributed by atoms with Crippen molar-refractivity contribution in [1.82, 2.24) is 10.2 Å². The third-order valence-corrected chi connectivity index (χ3v) is 4.33. The Bertz CT molecular complexity index is 1180. The zero-order valence-corrected chi connectivity index (χ0v) is 15.7. The SMILES string of the molecule is CC(OC(=O)c1occc1-c1ccccc1)c1nnc(-c2ccc([N+](=O)[O-])cc2)o1. The van der Waals surface area contributed by atoms with Gasteiger partial charge < -0.3 is 13.6 Å². The fraction of sp³-hybridized carbons (Fsp3) is 0.0952. The van der Waals surface area contributed by atoms with Gasteiger partial charge in [-0.2, -0.15) is 0 Å². The van der Waals surface area contributed by atoms with E-state index in [1.165, 1.54) is 30.5 Å². The van der Waals surface area contributed by atoms with Crippen LogP contribution in [0.5, 0.6) is 0 Å². The summed E-state index contributed by atoms with van der Waals surface area (Å²) in [5, 5.41) is 18.6. The number of ether oxygens (including phenoxy) is 1. The van der Waals surface area contributed by atoms with Gasteiger partial charge in [0, 0.05) is 23.3 Å². The predicted octanol–water partition coefficient (Wildman–Crippen LogP) is 4.82.